The molecule has 0 spiro atoms. The molecule has 0 aromatic carbocycles. The first-order chi connectivity index (χ1) is 20.2. The second kappa shape index (κ2) is 32.6. The maximum Gasteiger partial charge on any atom is 0.220 e. The topological polar surface area (TPSA) is 69.6 Å². The van der Waals surface area contributed by atoms with Crippen molar-refractivity contribution in [3.63, 3.8) is 0 Å². The number of rotatable bonds is 29. The maximum absolute atomic E-state index is 12.2. The molecule has 0 aliphatic rings. The van der Waals surface area contributed by atoms with E-state index in [-0.39, 0.29) is 12.5 Å². The summed E-state index contributed by atoms with van der Waals surface area (Å²) in [7, 11) is 0. The van der Waals surface area contributed by atoms with Crippen molar-refractivity contribution in [3.8, 4) is 0 Å². The Kier molecular flexibility index (Phi) is 31.1. The molecule has 0 fully saturated rings. The lowest BCUT2D eigenvalue weighted by Gasteiger charge is -2.20. The van der Waals surface area contributed by atoms with Crippen molar-refractivity contribution in [2.45, 2.75) is 161 Å². The maximum atomic E-state index is 12.2. The lowest BCUT2D eigenvalue weighted by Crippen LogP contribution is -2.45. The van der Waals surface area contributed by atoms with Crippen molar-refractivity contribution in [2.24, 2.45) is 0 Å². The van der Waals surface area contributed by atoms with Gasteiger partial charge in [0.2, 0.25) is 5.91 Å². The van der Waals surface area contributed by atoms with Crippen molar-refractivity contribution >= 4 is 5.91 Å². The van der Waals surface area contributed by atoms with E-state index in [0.29, 0.717) is 6.42 Å². The van der Waals surface area contributed by atoms with Gasteiger partial charge in [-0.15, -0.1) is 0 Å². The molecule has 0 saturated carbocycles. The number of amides is 1. The Hall–Kier alpha value is -1.91. The Bertz CT molecular complexity index is 707. The second-order valence-corrected chi connectivity index (χ2v) is 11.2. The third-order valence-electron chi connectivity index (χ3n) is 7.26. The molecule has 0 saturated heterocycles. The fourth-order valence-electron chi connectivity index (χ4n) is 4.64. The molecule has 0 bridgehead atoms. The van der Waals surface area contributed by atoms with Crippen molar-refractivity contribution in [3.05, 3.63) is 60.8 Å². The van der Waals surface area contributed by atoms with Crippen LogP contribution in [-0.4, -0.2) is 34.9 Å². The van der Waals surface area contributed by atoms with Gasteiger partial charge in [-0.1, -0.05) is 145 Å². The van der Waals surface area contributed by atoms with Crippen molar-refractivity contribution in [1.29, 1.82) is 0 Å². The highest BCUT2D eigenvalue weighted by Crippen LogP contribution is 2.12. The van der Waals surface area contributed by atoms with E-state index < -0.39 is 12.1 Å². The van der Waals surface area contributed by atoms with Gasteiger partial charge in [0.15, 0.2) is 0 Å². The summed E-state index contributed by atoms with van der Waals surface area (Å²) >= 11 is 0. The van der Waals surface area contributed by atoms with E-state index in [1.165, 1.54) is 70.6 Å². The van der Waals surface area contributed by atoms with Crippen LogP contribution in [0.15, 0.2) is 60.8 Å². The summed E-state index contributed by atoms with van der Waals surface area (Å²) in [6.45, 7) is 4.13. The first-order valence-electron chi connectivity index (χ1n) is 17.0. The van der Waals surface area contributed by atoms with Gasteiger partial charge in [0, 0.05) is 6.42 Å². The van der Waals surface area contributed by atoms with E-state index in [1.807, 2.05) is 6.08 Å². The lowest BCUT2D eigenvalue weighted by atomic mass is 10.1. The normalized spacial score (nSPS) is 14.0. The summed E-state index contributed by atoms with van der Waals surface area (Å²) < 4.78 is 0. The molecule has 4 nitrogen and oxygen atoms in total. The van der Waals surface area contributed by atoms with E-state index in [2.05, 4.69) is 67.8 Å². The molecule has 0 heterocycles. The fraction of sp³-hybridized carbons (Fsp3) is 0.703. The lowest BCUT2D eigenvalue weighted by molar-refractivity contribution is -0.123. The van der Waals surface area contributed by atoms with E-state index in [9.17, 15) is 15.0 Å². The average Bonchev–Trinajstić information content (AvgIpc) is 2.97. The predicted molar refractivity (Wildman–Crippen MR) is 179 cm³/mol. The number of aliphatic hydroxyl groups is 2. The molecule has 0 aromatic rings. The van der Waals surface area contributed by atoms with Crippen molar-refractivity contribution in [2.75, 3.05) is 6.61 Å². The Morgan fingerprint density at radius 2 is 1.07 bits per heavy atom. The van der Waals surface area contributed by atoms with Crippen LogP contribution >= 0.6 is 0 Å². The highest BCUT2D eigenvalue weighted by molar-refractivity contribution is 5.76. The molecular weight excluding hydrogens is 506 g/mol. The molecule has 4 heteroatoms. The van der Waals surface area contributed by atoms with Crippen LogP contribution in [0.4, 0.5) is 0 Å². The minimum absolute atomic E-state index is 0.0803. The van der Waals surface area contributed by atoms with Gasteiger partial charge in [-0.2, -0.15) is 0 Å². The molecule has 0 aliphatic heterocycles. The number of carbonyl (C=O) groups excluding carboxylic acids is 1. The SMILES string of the molecule is CC/C=C\C/C=C\C/C=C\C/C=C\CCCCCCCCCCC(=O)NC(CO)C(O)/C=C/CCCCCCCC. The Balaban J connectivity index is 3.64. The van der Waals surface area contributed by atoms with Gasteiger partial charge < -0.3 is 15.5 Å². The molecule has 0 aliphatic carbocycles. The van der Waals surface area contributed by atoms with E-state index in [0.717, 1.165) is 57.8 Å². The molecule has 236 valence electrons. The van der Waals surface area contributed by atoms with Crippen LogP contribution < -0.4 is 5.32 Å². The van der Waals surface area contributed by atoms with Gasteiger partial charge in [-0.3, -0.25) is 4.79 Å². The van der Waals surface area contributed by atoms with Gasteiger partial charge in [-0.25, -0.2) is 0 Å². The molecule has 2 atom stereocenters. The monoisotopic (exact) mass is 571 g/mol. The zero-order valence-electron chi connectivity index (χ0n) is 26.8. The zero-order valence-corrected chi connectivity index (χ0v) is 26.8. The highest BCUT2D eigenvalue weighted by atomic mass is 16.3. The number of hydrogen-bond acceptors (Lipinski definition) is 3. The van der Waals surface area contributed by atoms with Gasteiger partial charge in [0.1, 0.15) is 0 Å². The van der Waals surface area contributed by atoms with Crippen LogP contribution in [0, 0.1) is 0 Å². The van der Waals surface area contributed by atoms with Gasteiger partial charge in [0.25, 0.3) is 0 Å². The van der Waals surface area contributed by atoms with Crippen molar-refractivity contribution in [1.82, 2.24) is 5.32 Å². The predicted octanol–water partition coefficient (Wildman–Crippen LogP) is 9.84. The number of allylic oxidation sites excluding steroid dienone is 9. The number of nitrogens with one attached hydrogen (secondary N) is 1. The van der Waals surface area contributed by atoms with Gasteiger partial charge in [0.05, 0.1) is 18.8 Å². The molecule has 0 aromatic heterocycles. The standard InChI is InChI=1S/C37H65NO3/c1-3-5-7-9-11-13-14-15-16-17-18-19-20-21-22-23-24-25-27-29-31-33-37(41)38-35(34-39)36(40)32-30-28-26-12-10-8-6-4-2/h5,7,11,13,15-16,18-19,30,32,35-36,39-40H,3-4,6,8-10,12,14,17,20-29,31,33-34H2,1-2H3,(H,38,41)/b7-5-,13-11-,16-15-,19-18-,32-30+. The summed E-state index contributed by atoms with van der Waals surface area (Å²) in [5.74, 6) is -0.0803. The molecule has 3 N–H and O–H groups in total. The molecule has 1 amide bonds. The second-order valence-electron chi connectivity index (χ2n) is 11.2. The molecule has 41 heavy (non-hydrogen) atoms. The van der Waals surface area contributed by atoms with Crippen LogP contribution in [0.1, 0.15) is 149 Å². The van der Waals surface area contributed by atoms with E-state index in [4.69, 9.17) is 0 Å². The Morgan fingerprint density at radius 1 is 0.610 bits per heavy atom. The van der Waals surface area contributed by atoms with Crippen LogP contribution in [0.5, 0.6) is 0 Å². The summed E-state index contributed by atoms with van der Waals surface area (Å²) in [6, 6.07) is -0.625. The third kappa shape index (κ3) is 29.4. The average molecular weight is 572 g/mol. The summed E-state index contributed by atoms with van der Waals surface area (Å²) in [5, 5.41) is 22.7. The third-order valence-corrected chi connectivity index (χ3v) is 7.26. The molecule has 0 radical (unpaired) electrons. The molecule has 2 unspecified atom stereocenters. The fourth-order valence-corrected chi connectivity index (χ4v) is 4.64. The van der Waals surface area contributed by atoms with E-state index >= 15 is 0 Å². The number of hydrogen-bond donors (Lipinski definition) is 3. The van der Waals surface area contributed by atoms with Crippen LogP contribution in [0.2, 0.25) is 0 Å². The van der Waals surface area contributed by atoms with Gasteiger partial charge in [-0.05, 0) is 57.8 Å². The zero-order chi connectivity index (χ0) is 30.1. The summed E-state index contributed by atoms with van der Waals surface area (Å²) in [6.07, 6.45) is 44.5. The quantitative estimate of drug-likeness (QED) is 0.0618. The summed E-state index contributed by atoms with van der Waals surface area (Å²) in [4.78, 5) is 12.2. The molecule has 0 rings (SSSR count). The first-order valence-corrected chi connectivity index (χ1v) is 17.0. The Morgan fingerprint density at radius 3 is 1.61 bits per heavy atom. The van der Waals surface area contributed by atoms with Crippen LogP contribution in [0.3, 0.4) is 0 Å². The largest absolute Gasteiger partial charge is 0.394 e. The van der Waals surface area contributed by atoms with Crippen LogP contribution in [0.25, 0.3) is 0 Å². The number of aliphatic hydroxyl groups excluding tert-OH is 2. The molecular formula is C37H65NO3. The number of unbranched alkanes of at least 4 members (excludes halogenated alkanes) is 14. The summed E-state index contributed by atoms with van der Waals surface area (Å²) in [5.41, 5.74) is 0. The number of carbonyl (C=O) groups is 1. The smallest absolute Gasteiger partial charge is 0.220 e. The van der Waals surface area contributed by atoms with Crippen molar-refractivity contribution < 1.29 is 15.0 Å². The van der Waals surface area contributed by atoms with E-state index in [1.54, 1.807) is 6.08 Å². The minimum Gasteiger partial charge on any atom is -0.394 e. The first kappa shape index (κ1) is 39.1. The minimum atomic E-state index is -0.841. The Labute approximate surface area is 254 Å². The van der Waals surface area contributed by atoms with Crippen LogP contribution in [-0.2, 0) is 4.79 Å². The highest BCUT2D eigenvalue weighted by Gasteiger charge is 2.17. The van der Waals surface area contributed by atoms with Gasteiger partial charge >= 0.3 is 0 Å².